The van der Waals surface area contributed by atoms with Gasteiger partial charge in [-0.2, -0.15) is 0 Å². The van der Waals surface area contributed by atoms with Crippen LogP contribution < -0.4 is 5.32 Å². The highest BCUT2D eigenvalue weighted by molar-refractivity contribution is 5.17. The van der Waals surface area contributed by atoms with Gasteiger partial charge in [0.1, 0.15) is 11.5 Å². The van der Waals surface area contributed by atoms with Crippen LogP contribution in [0.1, 0.15) is 50.0 Å². The second kappa shape index (κ2) is 5.31. The highest BCUT2D eigenvalue weighted by Gasteiger charge is 2.36. The van der Waals surface area contributed by atoms with Crippen molar-refractivity contribution in [2.24, 2.45) is 11.8 Å². The third kappa shape index (κ3) is 2.86. The minimum Gasteiger partial charge on any atom is -0.464 e. The predicted molar refractivity (Wildman–Crippen MR) is 73.4 cm³/mol. The molecule has 18 heavy (non-hydrogen) atoms. The molecule has 0 aliphatic heterocycles. The minimum atomic E-state index is 0.697. The number of furan rings is 1. The third-order valence-corrected chi connectivity index (χ3v) is 4.27. The van der Waals surface area contributed by atoms with Crippen LogP contribution in [0.25, 0.3) is 0 Å². The summed E-state index contributed by atoms with van der Waals surface area (Å²) in [6.07, 6.45) is 9.72. The third-order valence-electron chi connectivity index (χ3n) is 4.27. The van der Waals surface area contributed by atoms with Crippen LogP contribution in [-0.4, -0.2) is 6.54 Å². The fourth-order valence-electron chi connectivity index (χ4n) is 2.85. The summed E-state index contributed by atoms with van der Waals surface area (Å²) < 4.78 is 5.89. The Morgan fingerprint density at radius 2 is 2.22 bits per heavy atom. The van der Waals surface area contributed by atoms with Gasteiger partial charge in [-0.15, -0.1) is 0 Å². The molecule has 0 bridgehead atoms. The molecule has 2 aliphatic carbocycles. The SMILES string of the molecule is CC1CC1c1ccc(CNCC2CC=CCC2)o1. The smallest absolute Gasteiger partial charge is 0.117 e. The van der Waals surface area contributed by atoms with Gasteiger partial charge in [0.2, 0.25) is 0 Å². The van der Waals surface area contributed by atoms with E-state index in [-0.39, 0.29) is 0 Å². The molecule has 1 saturated carbocycles. The van der Waals surface area contributed by atoms with Gasteiger partial charge in [0.05, 0.1) is 6.54 Å². The van der Waals surface area contributed by atoms with Gasteiger partial charge in [-0.1, -0.05) is 19.1 Å². The first kappa shape index (κ1) is 12.0. The molecule has 2 heteroatoms. The van der Waals surface area contributed by atoms with Crippen LogP contribution in [0.5, 0.6) is 0 Å². The van der Waals surface area contributed by atoms with Gasteiger partial charge in [-0.25, -0.2) is 0 Å². The highest BCUT2D eigenvalue weighted by atomic mass is 16.3. The molecule has 98 valence electrons. The molecule has 3 unspecified atom stereocenters. The number of hydrogen-bond donors (Lipinski definition) is 1. The average Bonchev–Trinajstić information content (AvgIpc) is 2.94. The maximum Gasteiger partial charge on any atom is 0.117 e. The molecule has 3 rings (SSSR count). The maximum atomic E-state index is 5.89. The average molecular weight is 245 g/mol. The van der Waals surface area contributed by atoms with Gasteiger partial charge in [-0.05, 0) is 56.2 Å². The van der Waals surface area contributed by atoms with Crippen LogP contribution in [0.2, 0.25) is 0 Å². The molecule has 1 aromatic heterocycles. The Kier molecular flexibility index (Phi) is 3.55. The number of allylic oxidation sites excluding steroid dienone is 2. The van der Waals surface area contributed by atoms with Crippen LogP contribution in [0, 0.1) is 11.8 Å². The van der Waals surface area contributed by atoms with Gasteiger partial charge in [0.25, 0.3) is 0 Å². The molecular formula is C16H23NO. The predicted octanol–water partition coefficient (Wildman–Crippen LogP) is 3.85. The molecule has 0 aromatic carbocycles. The summed E-state index contributed by atoms with van der Waals surface area (Å²) in [5.41, 5.74) is 0. The van der Waals surface area contributed by atoms with Crippen LogP contribution in [0.4, 0.5) is 0 Å². The first-order valence-electron chi connectivity index (χ1n) is 7.27. The fraction of sp³-hybridized carbons (Fsp3) is 0.625. The van der Waals surface area contributed by atoms with Crippen LogP contribution in [0.15, 0.2) is 28.7 Å². The van der Waals surface area contributed by atoms with Gasteiger partial charge in [0, 0.05) is 5.92 Å². The van der Waals surface area contributed by atoms with Crippen molar-refractivity contribution in [1.82, 2.24) is 5.32 Å². The fourth-order valence-corrected chi connectivity index (χ4v) is 2.85. The molecule has 1 aromatic rings. The summed E-state index contributed by atoms with van der Waals surface area (Å²) in [6.45, 7) is 4.28. The molecule has 0 saturated heterocycles. The van der Waals surface area contributed by atoms with E-state index in [0.29, 0.717) is 5.92 Å². The van der Waals surface area contributed by atoms with E-state index < -0.39 is 0 Å². The maximum absolute atomic E-state index is 5.89. The first-order chi connectivity index (χ1) is 8.83. The Labute approximate surface area is 109 Å². The summed E-state index contributed by atoms with van der Waals surface area (Å²) in [7, 11) is 0. The Hall–Kier alpha value is -1.02. The molecule has 0 amide bonds. The zero-order valence-electron chi connectivity index (χ0n) is 11.2. The molecule has 1 fully saturated rings. The summed E-state index contributed by atoms with van der Waals surface area (Å²) in [5.74, 6) is 4.62. The van der Waals surface area contributed by atoms with E-state index in [0.717, 1.165) is 30.7 Å². The van der Waals surface area contributed by atoms with E-state index >= 15 is 0 Å². The number of hydrogen-bond acceptors (Lipinski definition) is 2. The lowest BCUT2D eigenvalue weighted by Gasteiger charge is -2.17. The number of rotatable bonds is 5. The molecule has 3 atom stereocenters. The monoisotopic (exact) mass is 245 g/mol. The second-order valence-corrected chi connectivity index (χ2v) is 5.90. The largest absolute Gasteiger partial charge is 0.464 e. The lowest BCUT2D eigenvalue weighted by Crippen LogP contribution is -2.22. The minimum absolute atomic E-state index is 0.697. The van der Waals surface area contributed by atoms with E-state index in [2.05, 4.69) is 36.5 Å². The van der Waals surface area contributed by atoms with E-state index in [1.807, 2.05) is 0 Å². The molecule has 1 heterocycles. The Morgan fingerprint density at radius 1 is 1.33 bits per heavy atom. The van der Waals surface area contributed by atoms with Crippen molar-refractivity contribution in [1.29, 1.82) is 0 Å². The van der Waals surface area contributed by atoms with E-state index in [1.54, 1.807) is 0 Å². The Balaban J connectivity index is 1.42. The Morgan fingerprint density at radius 3 is 2.94 bits per heavy atom. The van der Waals surface area contributed by atoms with Gasteiger partial charge in [-0.3, -0.25) is 0 Å². The Bertz CT molecular complexity index is 420. The van der Waals surface area contributed by atoms with Crippen molar-refractivity contribution in [2.45, 2.75) is 45.1 Å². The molecular weight excluding hydrogens is 222 g/mol. The quantitative estimate of drug-likeness (QED) is 0.797. The van der Waals surface area contributed by atoms with Crippen molar-refractivity contribution in [3.05, 3.63) is 35.8 Å². The zero-order valence-corrected chi connectivity index (χ0v) is 11.2. The van der Waals surface area contributed by atoms with Crippen molar-refractivity contribution >= 4 is 0 Å². The first-order valence-corrected chi connectivity index (χ1v) is 7.27. The molecule has 0 spiro atoms. The molecule has 0 radical (unpaired) electrons. The highest BCUT2D eigenvalue weighted by Crippen LogP contribution is 2.47. The standard InChI is InChI=1S/C16H23NO/c1-12-9-15(12)16-8-7-14(18-16)11-17-10-13-5-3-2-4-6-13/h2-3,7-8,12-13,15,17H,4-6,9-11H2,1H3. The molecule has 2 aliphatic rings. The van der Waals surface area contributed by atoms with Crippen LogP contribution in [0.3, 0.4) is 0 Å². The van der Waals surface area contributed by atoms with Crippen molar-refractivity contribution < 1.29 is 4.42 Å². The lowest BCUT2D eigenvalue weighted by atomic mass is 9.94. The van der Waals surface area contributed by atoms with E-state index in [4.69, 9.17) is 4.42 Å². The van der Waals surface area contributed by atoms with Crippen LogP contribution in [-0.2, 0) is 6.54 Å². The zero-order chi connectivity index (χ0) is 12.4. The lowest BCUT2D eigenvalue weighted by molar-refractivity contribution is 0.405. The van der Waals surface area contributed by atoms with Gasteiger partial charge >= 0.3 is 0 Å². The number of nitrogens with one attached hydrogen (secondary N) is 1. The van der Waals surface area contributed by atoms with Crippen LogP contribution >= 0.6 is 0 Å². The van der Waals surface area contributed by atoms with Crippen molar-refractivity contribution in [2.75, 3.05) is 6.54 Å². The molecule has 2 nitrogen and oxygen atoms in total. The van der Waals surface area contributed by atoms with Crippen molar-refractivity contribution in [3.8, 4) is 0 Å². The van der Waals surface area contributed by atoms with Gasteiger partial charge < -0.3 is 9.73 Å². The summed E-state index contributed by atoms with van der Waals surface area (Å²) >= 11 is 0. The molecule has 1 N–H and O–H groups in total. The van der Waals surface area contributed by atoms with Gasteiger partial charge in [0.15, 0.2) is 0 Å². The summed E-state index contributed by atoms with van der Waals surface area (Å²) in [6, 6.07) is 4.29. The van der Waals surface area contributed by atoms with Crippen molar-refractivity contribution in [3.63, 3.8) is 0 Å². The topological polar surface area (TPSA) is 25.2 Å². The second-order valence-electron chi connectivity index (χ2n) is 5.90. The summed E-state index contributed by atoms with van der Waals surface area (Å²) in [5, 5.41) is 3.53. The van der Waals surface area contributed by atoms with E-state index in [9.17, 15) is 0 Å². The summed E-state index contributed by atoms with van der Waals surface area (Å²) in [4.78, 5) is 0. The normalized spacial score (nSPS) is 30.6. The van der Waals surface area contributed by atoms with E-state index in [1.165, 1.54) is 31.4 Å².